The van der Waals surface area contributed by atoms with Gasteiger partial charge in [-0.3, -0.25) is 10.1 Å². The first-order valence-electron chi connectivity index (χ1n) is 6.45. The molecule has 6 heteroatoms. The number of carbonyl (C=O) groups is 1. The van der Waals surface area contributed by atoms with Gasteiger partial charge in [-0.15, -0.1) is 0 Å². The van der Waals surface area contributed by atoms with Gasteiger partial charge >= 0.3 is 6.18 Å². The average Bonchev–Trinajstić information content (AvgIpc) is 2.70. The molecular weight excluding hydrogens is 269 g/mol. The van der Waals surface area contributed by atoms with Crippen molar-refractivity contribution in [2.24, 2.45) is 0 Å². The van der Waals surface area contributed by atoms with Crippen molar-refractivity contribution in [3.8, 4) is 0 Å². The second-order valence-electron chi connectivity index (χ2n) is 5.10. The van der Waals surface area contributed by atoms with E-state index >= 15 is 0 Å². The summed E-state index contributed by atoms with van der Waals surface area (Å²) in [7, 11) is 0. The number of rotatable bonds is 3. The molecule has 1 amide bonds. The zero-order chi connectivity index (χ0) is 14.9. The zero-order valence-electron chi connectivity index (χ0n) is 11.4. The molecule has 0 saturated carbocycles. The molecule has 1 heterocycles. The van der Waals surface area contributed by atoms with Crippen LogP contribution in [-0.2, 0) is 4.79 Å². The van der Waals surface area contributed by atoms with Gasteiger partial charge in [-0.2, -0.15) is 13.2 Å². The second-order valence-corrected chi connectivity index (χ2v) is 5.10. The van der Waals surface area contributed by atoms with Crippen LogP contribution in [0, 0.1) is 13.8 Å². The zero-order valence-corrected chi connectivity index (χ0v) is 11.4. The summed E-state index contributed by atoms with van der Waals surface area (Å²) in [5.74, 6) is -0.292. The molecule has 2 rings (SSSR count). The highest BCUT2D eigenvalue weighted by atomic mass is 19.4. The van der Waals surface area contributed by atoms with Gasteiger partial charge < -0.3 is 4.90 Å². The summed E-state index contributed by atoms with van der Waals surface area (Å²) in [6.45, 7) is 3.57. The Morgan fingerprint density at radius 1 is 1.35 bits per heavy atom. The summed E-state index contributed by atoms with van der Waals surface area (Å²) in [5.41, 5.74) is 2.83. The molecule has 0 radical (unpaired) electrons. The third kappa shape index (κ3) is 3.30. The van der Waals surface area contributed by atoms with Gasteiger partial charge in [-0.05, 0) is 25.0 Å². The molecule has 1 saturated heterocycles. The van der Waals surface area contributed by atoms with E-state index in [1.54, 1.807) is 0 Å². The van der Waals surface area contributed by atoms with Crippen LogP contribution in [0.1, 0.15) is 29.3 Å². The van der Waals surface area contributed by atoms with E-state index in [1.165, 1.54) is 4.90 Å². The van der Waals surface area contributed by atoms with Crippen LogP contribution in [0.4, 0.5) is 13.2 Å². The number of aryl methyl sites for hydroxylation is 2. The van der Waals surface area contributed by atoms with E-state index in [9.17, 15) is 18.0 Å². The first-order chi connectivity index (χ1) is 9.28. The van der Waals surface area contributed by atoms with Crippen molar-refractivity contribution in [1.29, 1.82) is 0 Å². The van der Waals surface area contributed by atoms with Crippen LogP contribution in [0.15, 0.2) is 18.2 Å². The van der Waals surface area contributed by atoms with Gasteiger partial charge in [0.2, 0.25) is 5.91 Å². The summed E-state index contributed by atoms with van der Waals surface area (Å²) < 4.78 is 37.1. The van der Waals surface area contributed by atoms with E-state index in [-0.39, 0.29) is 19.0 Å². The Kier molecular flexibility index (Phi) is 4.04. The summed E-state index contributed by atoms with van der Waals surface area (Å²) >= 11 is 0. The fraction of sp³-hybridized carbons (Fsp3) is 0.500. The Hall–Kier alpha value is -1.56. The smallest absolute Gasteiger partial charge is 0.321 e. The highest BCUT2D eigenvalue weighted by Crippen LogP contribution is 2.28. The third-order valence-electron chi connectivity index (χ3n) is 3.44. The first-order valence-corrected chi connectivity index (χ1v) is 6.45. The van der Waals surface area contributed by atoms with Gasteiger partial charge in [0, 0.05) is 6.54 Å². The van der Waals surface area contributed by atoms with Gasteiger partial charge in [-0.25, -0.2) is 0 Å². The molecule has 20 heavy (non-hydrogen) atoms. The van der Waals surface area contributed by atoms with Crippen molar-refractivity contribution >= 4 is 5.91 Å². The number of halogens is 3. The molecule has 1 aromatic carbocycles. The summed E-state index contributed by atoms with van der Waals surface area (Å²) in [6, 6.07) is 5.76. The molecule has 1 fully saturated rings. The fourth-order valence-electron chi connectivity index (χ4n) is 2.37. The van der Waals surface area contributed by atoms with Crippen molar-refractivity contribution in [3.05, 3.63) is 34.9 Å². The van der Waals surface area contributed by atoms with Crippen LogP contribution < -0.4 is 5.32 Å². The Morgan fingerprint density at radius 3 is 2.70 bits per heavy atom. The second kappa shape index (κ2) is 5.44. The van der Waals surface area contributed by atoms with Gasteiger partial charge in [0.15, 0.2) is 0 Å². The van der Waals surface area contributed by atoms with Gasteiger partial charge in [-0.1, -0.05) is 23.8 Å². The van der Waals surface area contributed by atoms with Gasteiger partial charge in [0.1, 0.15) is 6.17 Å². The van der Waals surface area contributed by atoms with Crippen LogP contribution in [0.5, 0.6) is 0 Å². The molecule has 1 atom stereocenters. The van der Waals surface area contributed by atoms with Crippen molar-refractivity contribution in [2.45, 2.75) is 32.6 Å². The number of hydrogen-bond donors (Lipinski definition) is 1. The molecule has 110 valence electrons. The number of amides is 1. The molecule has 0 bridgehead atoms. The number of nitrogens with one attached hydrogen (secondary N) is 1. The number of alkyl halides is 3. The molecule has 1 aliphatic rings. The minimum atomic E-state index is -4.25. The van der Waals surface area contributed by atoms with Gasteiger partial charge in [0.25, 0.3) is 0 Å². The minimum Gasteiger partial charge on any atom is -0.321 e. The lowest BCUT2D eigenvalue weighted by Gasteiger charge is -2.26. The molecule has 0 aliphatic carbocycles. The predicted molar refractivity (Wildman–Crippen MR) is 69.0 cm³/mol. The number of hydrogen-bond acceptors (Lipinski definition) is 2. The molecule has 0 spiro atoms. The van der Waals surface area contributed by atoms with Gasteiger partial charge in [0.05, 0.1) is 13.0 Å². The molecule has 0 aromatic heterocycles. The Bertz CT molecular complexity index is 514. The number of nitrogens with zero attached hydrogens (tertiary/aromatic N) is 1. The lowest BCUT2D eigenvalue weighted by molar-refractivity contribution is -0.144. The van der Waals surface area contributed by atoms with Crippen LogP contribution in [-0.4, -0.2) is 30.1 Å². The first kappa shape index (κ1) is 14.8. The van der Waals surface area contributed by atoms with E-state index in [1.807, 2.05) is 32.0 Å². The third-order valence-corrected chi connectivity index (χ3v) is 3.44. The number of benzene rings is 1. The van der Waals surface area contributed by atoms with E-state index in [4.69, 9.17) is 0 Å². The van der Waals surface area contributed by atoms with E-state index in [0.29, 0.717) is 0 Å². The highest BCUT2D eigenvalue weighted by Gasteiger charge is 2.36. The molecule has 3 nitrogen and oxygen atoms in total. The predicted octanol–water partition coefficient (Wildman–Crippen LogP) is 2.69. The maximum Gasteiger partial charge on any atom is 0.390 e. The largest absolute Gasteiger partial charge is 0.390 e. The molecule has 1 N–H and O–H groups in total. The standard InChI is InChI=1S/C14H17F3N2O/c1-9-3-4-10(2)11(7-9)13-18-8-12(20)19(13)6-5-14(15,16)17/h3-4,7,13,18H,5-6,8H2,1-2H3. The topological polar surface area (TPSA) is 32.3 Å². The SMILES string of the molecule is Cc1ccc(C)c(C2NCC(=O)N2CCC(F)(F)F)c1. The van der Waals surface area contributed by atoms with Crippen molar-refractivity contribution in [3.63, 3.8) is 0 Å². The van der Waals surface area contributed by atoms with Crippen LogP contribution in [0.25, 0.3) is 0 Å². The van der Waals surface area contributed by atoms with Crippen LogP contribution in [0.3, 0.4) is 0 Å². The van der Waals surface area contributed by atoms with Crippen molar-refractivity contribution in [1.82, 2.24) is 10.2 Å². The molecule has 1 aliphatic heterocycles. The molecule has 1 aromatic rings. The highest BCUT2D eigenvalue weighted by molar-refractivity contribution is 5.81. The summed E-state index contributed by atoms with van der Waals surface area (Å²) in [5, 5.41) is 2.99. The average molecular weight is 286 g/mol. The maximum atomic E-state index is 12.4. The molecule has 1 unspecified atom stereocenters. The van der Waals surface area contributed by atoms with E-state index in [0.717, 1.165) is 16.7 Å². The Morgan fingerprint density at radius 2 is 2.05 bits per heavy atom. The summed E-state index contributed by atoms with van der Waals surface area (Å²) in [6.07, 6.45) is -5.71. The van der Waals surface area contributed by atoms with Crippen LogP contribution in [0.2, 0.25) is 0 Å². The lowest BCUT2D eigenvalue weighted by Crippen LogP contribution is -2.33. The van der Waals surface area contributed by atoms with E-state index in [2.05, 4.69) is 5.32 Å². The monoisotopic (exact) mass is 286 g/mol. The van der Waals surface area contributed by atoms with Crippen LogP contribution >= 0.6 is 0 Å². The van der Waals surface area contributed by atoms with Crippen molar-refractivity contribution in [2.75, 3.05) is 13.1 Å². The minimum absolute atomic E-state index is 0.0793. The fourth-order valence-corrected chi connectivity index (χ4v) is 2.37. The Balaban J connectivity index is 2.21. The summed E-state index contributed by atoms with van der Waals surface area (Å²) in [4.78, 5) is 13.0. The normalized spacial score (nSPS) is 19.8. The quantitative estimate of drug-likeness (QED) is 0.926. The Labute approximate surface area is 115 Å². The van der Waals surface area contributed by atoms with E-state index < -0.39 is 18.8 Å². The van der Waals surface area contributed by atoms with Crippen molar-refractivity contribution < 1.29 is 18.0 Å². The number of carbonyl (C=O) groups excluding carboxylic acids is 1. The lowest BCUT2D eigenvalue weighted by atomic mass is 10.0. The maximum absolute atomic E-state index is 12.4. The molecular formula is C14H17F3N2O.